The predicted octanol–water partition coefficient (Wildman–Crippen LogP) is 2.84. The van der Waals surface area contributed by atoms with Crippen LogP contribution in [0.1, 0.15) is 42.6 Å². The number of ether oxygens (including phenoxy) is 3. The number of piperidine rings is 1. The summed E-state index contributed by atoms with van der Waals surface area (Å²) in [6, 6.07) is 5.34. The van der Waals surface area contributed by atoms with E-state index in [0.717, 1.165) is 37.5 Å². The number of nitrogens with zero attached hydrogens (tertiary/aromatic N) is 2. The van der Waals surface area contributed by atoms with Crippen LogP contribution in [-0.2, 0) is 20.8 Å². The molecule has 8 nitrogen and oxygen atoms in total. The number of likely N-dealkylation sites (tertiary alicyclic amines) is 1. The van der Waals surface area contributed by atoms with E-state index in [4.69, 9.17) is 19.2 Å². The lowest BCUT2D eigenvalue weighted by Crippen LogP contribution is -2.48. The first-order valence-corrected chi connectivity index (χ1v) is 9.99. The SMILES string of the molecule is CCNC(=NCc1ccc(OC)c(C(=O)OC)c1)N1CCCC(C(=O)OCC)C1.I. The minimum atomic E-state index is -0.451. The molecule has 0 saturated carbocycles. The van der Waals surface area contributed by atoms with E-state index < -0.39 is 5.97 Å². The number of aliphatic imine (C=N–C) groups is 1. The topological polar surface area (TPSA) is 89.5 Å². The second-order valence-electron chi connectivity index (χ2n) is 6.73. The minimum Gasteiger partial charge on any atom is -0.496 e. The van der Waals surface area contributed by atoms with Crippen molar-refractivity contribution in [2.45, 2.75) is 33.2 Å². The number of methoxy groups -OCH3 is 2. The van der Waals surface area contributed by atoms with Crippen LogP contribution in [0.15, 0.2) is 23.2 Å². The van der Waals surface area contributed by atoms with Gasteiger partial charge in [-0.15, -0.1) is 24.0 Å². The standard InChI is InChI=1S/C21H31N3O5.HI/c1-5-22-21(24-11-7-8-16(14-24)19(25)29-6-2)23-13-15-9-10-18(27-3)17(12-15)20(26)28-4;/h9-10,12,16H,5-8,11,13-14H2,1-4H3,(H,22,23);1H. The fraction of sp³-hybridized carbons (Fsp3) is 0.571. The molecule has 0 spiro atoms. The molecular weight excluding hydrogens is 501 g/mol. The molecule has 1 N–H and O–H groups in total. The van der Waals surface area contributed by atoms with E-state index >= 15 is 0 Å². The first-order chi connectivity index (χ1) is 14.0. The Morgan fingerprint density at radius 1 is 1.27 bits per heavy atom. The van der Waals surface area contributed by atoms with Crippen molar-refractivity contribution in [1.82, 2.24) is 10.2 Å². The lowest BCUT2D eigenvalue weighted by Gasteiger charge is -2.34. The van der Waals surface area contributed by atoms with Gasteiger partial charge in [-0.25, -0.2) is 9.79 Å². The summed E-state index contributed by atoms with van der Waals surface area (Å²) in [5.74, 6) is 0.472. The Balaban J connectivity index is 0.00000450. The van der Waals surface area contributed by atoms with E-state index in [1.165, 1.54) is 14.2 Å². The van der Waals surface area contributed by atoms with Gasteiger partial charge in [0.15, 0.2) is 5.96 Å². The van der Waals surface area contributed by atoms with Crippen LogP contribution in [0.4, 0.5) is 0 Å². The van der Waals surface area contributed by atoms with Gasteiger partial charge in [0, 0.05) is 19.6 Å². The molecule has 1 heterocycles. The van der Waals surface area contributed by atoms with Gasteiger partial charge in [-0.1, -0.05) is 6.07 Å². The highest BCUT2D eigenvalue weighted by molar-refractivity contribution is 14.0. The van der Waals surface area contributed by atoms with Crippen molar-refractivity contribution >= 4 is 41.9 Å². The van der Waals surface area contributed by atoms with Gasteiger partial charge in [0.1, 0.15) is 11.3 Å². The van der Waals surface area contributed by atoms with E-state index in [-0.39, 0.29) is 35.9 Å². The van der Waals surface area contributed by atoms with Crippen molar-refractivity contribution in [2.75, 3.05) is 40.5 Å². The third kappa shape index (κ3) is 7.03. The maximum atomic E-state index is 12.1. The Bertz CT molecular complexity index is 741. The minimum absolute atomic E-state index is 0. The molecule has 1 aliphatic heterocycles. The van der Waals surface area contributed by atoms with Crippen LogP contribution in [0.5, 0.6) is 5.75 Å². The summed E-state index contributed by atoms with van der Waals surface area (Å²) in [5, 5.41) is 3.29. The summed E-state index contributed by atoms with van der Waals surface area (Å²) in [4.78, 5) is 30.9. The highest BCUT2D eigenvalue weighted by atomic mass is 127. The lowest BCUT2D eigenvalue weighted by atomic mass is 9.98. The number of esters is 2. The Kier molecular flexibility index (Phi) is 11.5. The van der Waals surface area contributed by atoms with Crippen molar-refractivity contribution in [3.05, 3.63) is 29.3 Å². The van der Waals surface area contributed by atoms with Crippen LogP contribution in [0.2, 0.25) is 0 Å². The zero-order valence-electron chi connectivity index (χ0n) is 18.1. The van der Waals surface area contributed by atoms with Gasteiger partial charge < -0.3 is 24.4 Å². The molecule has 1 fully saturated rings. The maximum Gasteiger partial charge on any atom is 0.341 e. The molecule has 1 aromatic rings. The van der Waals surface area contributed by atoms with Crippen molar-refractivity contribution in [3.8, 4) is 5.75 Å². The lowest BCUT2D eigenvalue weighted by molar-refractivity contribution is -0.149. The zero-order chi connectivity index (χ0) is 21.2. The number of carbonyl (C=O) groups excluding carboxylic acids is 2. The molecule has 1 saturated heterocycles. The van der Waals surface area contributed by atoms with E-state index in [0.29, 0.717) is 31.0 Å². The quantitative estimate of drug-likeness (QED) is 0.250. The van der Waals surface area contributed by atoms with Crippen LogP contribution >= 0.6 is 24.0 Å². The van der Waals surface area contributed by atoms with Crippen LogP contribution in [0.3, 0.4) is 0 Å². The number of halogens is 1. The van der Waals surface area contributed by atoms with Crippen LogP contribution in [0.25, 0.3) is 0 Å². The fourth-order valence-corrected chi connectivity index (χ4v) is 3.34. The Morgan fingerprint density at radius 2 is 2.03 bits per heavy atom. The third-order valence-corrected chi connectivity index (χ3v) is 4.76. The van der Waals surface area contributed by atoms with Crippen LogP contribution in [0, 0.1) is 5.92 Å². The molecule has 168 valence electrons. The monoisotopic (exact) mass is 533 g/mol. The normalized spacial score (nSPS) is 16.3. The van der Waals surface area contributed by atoms with E-state index in [1.54, 1.807) is 12.1 Å². The maximum absolute atomic E-state index is 12.1. The number of hydrogen-bond acceptors (Lipinski definition) is 6. The fourth-order valence-electron chi connectivity index (χ4n) is 3.34. The Labute approximate surface area is 195 Å². The first kappa shape index (κ1) is 26.0. The highest BCUT2D eigenvalue weighted by Crippen LogP contribution is 2.22. The molecule has 9 heteroatoms. The molecule has 0 aliphatic carbocycles. The number of guanidine groups is 1. The molecule has 2 rings (SSSR count). The molecule has 1 aromatic carbocycles. The number of hydrogen-bond donors (Lipinski definition) is 1. The van der Waals surface area contributed by atoms with Gasteiger partial charge in [0.05, 0.1) is 33.3 Å². The summed E-state index contributed by atoms with van der Waals surface area (Å²) in [5.41, 5.74) is 1.23. The van der Waals surface area contributed by atoms with E-state index in [1.807, 2.05) is 19.9 Å². The average Bonchev–Trinajstić information content (AvgIpc) is 2.76. The zero-order valence-corrected chi connectivity index (χ0v) is 20.4. The Hall–Kier alpha value is -2.04. The van der Waals surface area contributed by atoms with Crippen LogP contribution in [-0.4, -0.2) is 63.3 Å². The molecule has 1 atom stereocenters. The molecule has 0 bridgehead atoms. The van der Waals surface area contributed by atoms with Crippen molar-refractivity contribution in [1.29, 1.82) is 0 Å². The second kappa shape index (κ2) is 13.3. The smallest absolute Gasteiger partial charge is 0.341 e. The molecule has 0 radical (unpaired) electrons. The van der Waals surface area contributed by atoms with Gasteiger partial charge in [-0.3, -0.25) is 4.79 Å². The van der Waals surface area contributed by atoms with E-state index in [2.05, 4.69) is 10.2 Å². The average molecular weight is 533 g/mol. The number of rotatable bonds is 7. The van der Waals surface area contributed by atoms with Gasteiger partial charge in [0.25, 0.3) is 0 Å². The van der Waals surface area contributed by atoms with Crippen molar-refractivity contribution in [3.63, 3.8) is 0 Å². The number of carbonyl (C=O) groups is 2. The summed E-state index contributed by atoms with van der Waals surface area (Å²) < 4.78 is 15.2. The molecule has 0 amide bonds. The summed E-state index contributed by atoms with van der Waals surface area (Å²) in [6.07, 6.45) is 1.73. The largest absolute Gasteiger partial charge is 0.496 e. The van der Waals surface area contributed by atoms with Gasteiger partial charge in [-0.2, -0.15) is 0 Å². The highest BCUT2D eigenvalue weighted by Gasteiger charge is 2.28. The molecular formula is C21H32IN3O5. The molecule has 1 aliphatic rings. The molecule has 0 aromatic heterocycles. The predicted molar refractivity (Wildman–Crippen MR) is 125 cm³/mol. The van der Waals surface area contributed by atoms with E-state index in [9.17, 15) is 9.59 Å². The number of benzene rings is 1. The van der Waals surface area contributed by atoms with Crippen molar-refractivity contribution < 1.29 is 23.8 Å². The van der Waals surface area contributed by atoms with Crippen molar-refractivity contribution in [2.24, 2.45) is 10.9 Å². The number of nitrogens with one attached hydrogen (secondary N) is 1. The van der Waals surface area contributed by atoms with Gasteiger partial charge in [-0.05, 0) is 44.4 Å². The van der Waals surface area contributed by atoms with Gasteiger partial charge >= 0.3 is 11.9 Å². The van der Waals surface area contributed by atoms with Gasteiger partial charge in [0.2, 0.25) is 0 Å². The summed E-state index contributed by atoms with van der Waals surface area (Å²) in [7, 11) is 2.85. The summed E-state index contributed by atoms with van der Waals surface area (Å²) >= 11 is 0. The van der Waals surface area contributed by atoms with Crippen LogP contribution < -0.4 is 10.1 Å². The first-order valence-electron chi connectivity index (χ1n) is 9.99. The molecule has 30 heavy (non-hydrogen) atoms. The second-order valence-corrected chi connectivity index (χ2v) is 6.73. The summed E-state index contributed by atoms with van der Waals surface area (Å²) in [6.45, 7) is 6.74. The third-order valence-electron chi connectivity index (χ3n) is 4.76. The Morgan fingerprint density at radius 3 is 2.67 bits per heavy atom. The molecule has 1 unspecified atom stereocenters.